The van der Waals surface area contributed by atoms with Gasteiger partial charge in [-0.2, -0.15) is 5.10 Å². The number of thioether (sulfide) groups is 1. The number of aryl methyl sites for hydroxylation is 2. The molecule has 0 atom stereocenters. The van der Waals surface area contributed by atoms with Crippen molar-refractivity contribution in [2.75, 3.05) is 32.4 Å². The van der Waals surface area contributed by atoms with Crippen LogP contribution in [0.4, 0.5) is 5.69 Å². The molecule has 2 saturated heterocycles. The molecule has 0 aromatic carbocycles. The molecule has 0 saturated carbocycles. The molecule has 10 nitrogen and oxygen atoms in total. The molecule has 1 spiro atoms. The van der Waals surface area contributed by atoms with Crippen LogP contribution in [0.15, 0.2) is 23.4 Å². The molecule has 32 heavy (non-hydrogen) atoms. The van der Waals surface area contributed by atoms with E-state index in [-0.39, 0.29) is 34.3 Å². The van der Waals surface area contributed by atoms with E-state index in [1.807, 2.05) is 17.2 Å². The van der Waals surface area contributed by atoms with Gasteiger partial charge in [-0.25, -0.2) is 4.98 Å². The molecule has 2 aliphatic heterocycles. The molecule has 2 fully saturated rings. The second kappa shape index (κ2) is 8.53. The van der Waals surface area contributed by atoms with Gasteiger partial charge in [0.1, 0.15) is 10.7 Å². The molecule has 0 aliphatic carbocycles. The van der Waals surface area contributed by atoms with E-state index in [2.05, 4.69) is 10.1 Å². The molecule has 2 aromatic rings. The molecule has 0 radical (unpaired) electrons. The van der Waals surface area contributed by atoms with Crippen molar-refractivity contribution in [3.8, 4) is 0 Å². The first kappa shape index (κ1) is 22.3. The Morgan fingerprint density at radius 2 is 1.81 bits per heavy atom. The first-order valence-electron chi connectivity index (χ1n) is 10.5. The summed E-state index contributed by atoms with van der Waals surface area (Å²) in [5.41, 5.74) is 0.601. The number of nitro groups is 1. The van der Waals surface area contributed by atoms with E-state index < -0.39 is 4.92 Å². The lowest BCUT2D eigenvalue weighted by Gasteiger charge is -2.39. The second-order valence-corrected chi connectivity index (χ2v) is 9.29. The van der Waals surface area contributed by atoms with Gasteiger partial charge in [0, 0.05) is 39.4 Å². The zero-order valence-electron chi connectivity index (χ0n) is 18.4. The SMILES string of the molecule is CSc1ncccc1C(=O)N1CCC2(CC1)CCN(C(=O)c1c([N+](=O)[O-])c(C)nn1C)C2. The predicted molar refractivity (Wildman–Crippen MR) is 119 cm³/mol. The molecule has 2 amide bonds. The number of hydrogen-bond acceptors (Lipinski definition) is 7. The Labute approximate surface area is 190 Å². The topological polar surface area (TPSA) is 114 Å². The number of likely N-dealkylation sites (tertiary alicyclic amines) is 2. The summed E-state index contributed by atoms with van der Waals surface area (Å²) in [6.07, 6.45) is 6.01. The summed E-state index contributed by atoms with van der Waals surface area (Å²) in [4.78, 5) is 45.0. The fourth-order valence-electron chi connectivity index (χ4n) is 4.84. The molecule has 170 valence electrons. The highest BCUT2D eigenvalue weighted by molar-refractivity contribution is 7.98. The monoisotopic (exact) mass is 458 g/mol. The van der Waals surface area contributed by atoms with Gasteiger partial charge in [-0.1, -0.05) is 0 Å². The molecule has 2 aromatic heterocycles. The van der Waals surface area contributed by atoms with Gasteiger partial charge in [0.15, 0.2) is 0 Å². The number of piperidine rings is 1. The van der Waals surface area contributed by atoms with E-state index in [0.29, 0.717) is 31.7 Å². The molecule has 0 bridgehead atoms. The van der Waals surface area contributed by atoms with Gasteiger partial charge in [0.05, 0.1) is 10.5 Å². The number of hydrogen-bond donors (Lipinski definition) is 0. The smallest absolute Gasteiger partial charge is 0.322 e. The van der Waals surface area contributed by atoms with Gasteiger partial charge >= 0.3 is 5.69 Å². The molecule has 4 heterocycles. The molecule has 4 rings (SSSR count). The largest absolute Gasteiger partial charge is 0.339 e. The predicted octanol–water partition coefficient (Wildman–Crippen LogP) is 2.52. The molecule has 11 heteroatoms. The van der Waals surface area contributed by atoms with Crippen molar-refractivity contribution in [2.45, 2.75) is 31.2 Å². The maximum absolute atomic E-state index is 13.1. The van der Waals surface area contributed by atoms with Crippen LogP contribution in [0.1, 0.15) is 45.8 Å². The zero-order chi connectivity index (χ0) is 23.0. The highest BCUT2D eigenvalue weighted by Gasteiger charge is 2.45. The summed E-state index contributed by atoms with van der Waals surface area (Å²) in [6.45, 7) is 3.87. The highest BCUT2D eigenvalue weighted by Crippen LogP contribution is 2.41. The van der Waals surface area contributed by atoms with E-state index in [9.17, 15) is 19.7 Å². The summed E-state index contributed by atoms with van der Waals surface area (Å²) < 4.78 is 1.30. The van der Waals surface area contributed by atoms with Gasteiger partial charge < -0.3 is 9.80 Å². The summed E-state index contributed by atoms with van der Waals surface area (Å²) >= 11 is 1.46. The van der Waals surface area contributed by atoms with Gasteiger partial charge in [-0.15, -0.1) is 11.8 Å². The summed E-state index contributed by atoms with van der Waals surface area (Å²) in [6, 6.07) is 3.59. The quantitative estimate of drug-likeness (QED) is 0.393. The number of pyridine rings is 1. The Morgan fingerprint density at radius 3 is 2.44 bits per heavy atom. The highest BCUT2D eigenvalue weighted by atomic mass is 32.2. The standard InChI is InChI=1S/C21H26N6O4S/c1-14-16(27(30)31)17(24(2)23-14)20(29)26-12-8-21(13-26)6-10-25(11-7-21)19(28)15-5-4-9-22-18(15)32-3/h4-5,9H,6-8,10-13H2,1-3H3. The fourth-order valence-corrected chi connectivity index (χ4v) is 5.38. The van der Waals surface area contributed by atoms with Crippen molar-refractivity contribution in [2.24, 2.45) is 12.5 Å². The summed E-state index contributed by atoms with van der Waals surface area (Å²) in [7, 11) is 1.56. The van der Waals surface area contributed by atoms with Crippen molar-refractivity contribution in [1.82, 2.24) is 24.6 Å². The Balaban J connectivity index is 1.44. The molecule has 0 N–H and O–H groups in total. The summed E-state index contributed by atoms with van der Waals surface area (Å²) in [5.74, 6) is -0.362. The molecular weight excluding hydrogens is 432 g/mol. The minimum absolute atomic E-state index is 0.00999. The molecular formula is C21H26N6O4S. The normalized spacial score (nSPS) is 17.7. The van der Waals surface area contributed by atoms with Crippen LogP contribution in [0.2, 0.25) is 0 Å². The van der Waals surface area contributed by atoms with E-state index in [1.165, 1.54) is 23.4 Å². The zero-order valence-corrected chi connectivity index (χ0v) is 19.2. The number of amides is 2. The maximum atomic E-state index is 13.1. The van der Waals surface area contributed by atoms with Crippen LogP contribution in [-0.4, -0.2) is 73.7 Å². The lowest BCUT2D eigenvalue weighted by molar-refractivity contribution is -0.385. The third-order valence-electron chi connectivity index (χ3n) is 6.61. The fraction of sp³-hybridized carbons (Fsp3) is 0.524. The number of carbonyl (C=O) groups excluding carboxylic acids is 2. The van der Waals surface area contributed by atoms with E-state index in [1.54, 1.807) is 24.2 Å². The Kier molecular flexibility index (Phi) is 5.93. The van der Waals surface area contributed by atoms with E-state index in [4.69, 9.17) is 0 Å². The van der Waals surface area contributed by atoms with Crippen LogP contribution >= 0.6 is 11.8 Å². The Hall–Kier alpha value is -2.95. The average Bonchev–Trinajstić information content (AvgIpc) is 3.33. The van der Waals surface area contributed by atoms with Crippen LogP contribution in [0.25, 0.3) is 0 Å². The average molecular weight is 459 g/mol. The second-order valence-electron chi connectivity index (χ2n) is 8.49. The van der Waals surface area contributed by atoms with Gasteiger partial charge in [-0.3, -0.25) is 24.4 Å². The maximum Gasteiger partial charge on any atom is 0.322 e. The van der Waals surface area contributed by atoms with Crippen LogP contribution in [-0.2, 0) is 7.05 Å². The minimum atomic E-state index is -0.535. The van der Waals surface area contributed by atoms with Crippen molar-refractivity contribution >= 4 is 29.3 Å². The number of carbonyl (C=O) groups is 2. The van der Waals surface area contributed by atoms with Gasteiger partial charge in [0.2, 0.25) is 5.69 Å². The van der Waals surface area contributed by atoms with Crippen LogP contribution in [0.3, 0.4) is 0 Å². The van der Waals surface area contributed by atoms with E-state index in [0.717, 1.165) is 24.3 Å². The molecule has 0 unspecified atom stereocenters. The van der Waals surface area contributed by atoms with Crippen LogP contribution in [0, 0.1) is 22.5 Å². The third-order valence-corrected chi connectivity index (χ3v) is 7.32. The number of rotatable bonds is 4. The van der Waals surface area contributed by atoms with Gasteiger partial charge in [-0.05, 0) is 50.0 Å². The van der Waals surface area contributed by atoms with Crippen LogP contribution < -0.4 is 0 Å². The first-order chi connectivity index (χ1) is 15.3. The Morgan fingerprint density at radius 1 is 1.16 bits per heavy atom. The van der Waals surface area contributed by atoms with Crippen molar-refractivity contribution in [3.63, 3.8) is 0 Å². The first-order valence-corrected chi connectivity index (χ1v) is 11.7. The van der Waals surface area contributed by atoms with E-state index >= 15 is 0 Å². The van der Waals surface area contributed by atoms with Crippen LogP contribution in [0.5, 0.6) is 0 Å². The lowest BCUT2D eigenvalue weighted by Crippen LogP contribution is -2.45. The Bertz CT molecular complexity index is 1080. The van der Waals surface area contributed by atoms with Crippen molar-refractivity contribution in [1.29, 1.82) is 0 Å². The minimum Gasteiger partial charge on any atom is -0.339 e. The molecule has 2 aliphatic rings. The van der Waals surface area contributed by atoms with Crippen molar-refractivity contribution in [3.05, 3.63) is 45.4 Å². The van der Waals surface area contributed by atoms with Gasteiger partial charge in [0.25, 0.3) is 11.8 Å². The lowest BCUT2D eigenvalue weighted by atomic mass is 9.77. The summed E-state index contributed by atoms with van der Waals surface area (Å²) in [5, 5.41) is 16.3. The third kappa shape index (κ3) is 3.85. The van der Waals surface area contributed by atoms with Crippen molar-refractivity contribution < 1.29 is 14.5 Å². The number of nitrogens with zero attached hydrogens (tertiary/aromatic N) is 6. The number of aromatic nitrogens is 3.